The molecule has 0 saturated heterocycles. The molecule has 0 fully saturated rings. The standard InChI is InChI=1S/C11H16N2O3/c1-16-8-9(14)5-7-13-11(15)10-4-2-3-6-12-10/h2-4,6,9,14H,5,7-8H2,1H3,(H,13,15). The van der Waals surface area contributed by atoms with E-state index in [9.17, 15) is 9.90 Å². The Kier molecular flexibility index (Phi) is 5.45. The Hall–Kier alpha value is -1.46. The third kappa shape index (κ3) is 4.37. The number of rotatable bonds is 6. The van der Waals surface area contributed by atoms with Crippen LogP contribution in [-0.2, 0) is 4.74 Å². The van der Waals surface area contributed by atoms with Crippen LogP contribution in [0.3, 0.4) is 0 Å². The number of amides is 1. The second-order valence-electron chi connectivity index (χ2n) is 3.37. The first-order chi connectivity index (χ1) is 7.74. The molecule has 0 aliphatic carbocycles. The first-order valence-corrected chi connectivity index (χ1v) is 5.10. The molecular formula is C11H16N2O3. The minimum atomic E-state index is -0.547. The lowest BCUT2D eigenvalue weighted by atomic mass is 10.2. The molecule has 0 aliphatic heterocycles. The number of pyridine rings is 1. The molecule has 88 valence electrons. The highest BCUT2D eigenvalue weighted by atomic mass is 16.5. The fourth-order valence-corrected chi connectivity index (χ4v) is 1.22. The second kappa shape index (κ2) is 6.92. The molecule has 1 heterocycles. The van der Waals surface area contributed by atoms with Crippen LogP contribution in [0.25, 0.3) is 0 Å². The van der Waals surface area contributed by atoms with Crippen LogP contribution in [0.4, 0.5) is 0 Å². The molecule has 0 saturated carbocycles. The number of nitrogens with zero attached hydrogens (tertiary/aromatic N) is 1. The van der Waals surface area contributed by atoms with Crippen LogP contribution < -0.4 is 5.32 Å². The van der Waals surface area contributed by atoms with Crippen molar-refractivity contribution >= 4 is 5.91 Å². The van der Waals surface area contributed by atoms with Crippen molar-refractivity contribution in [1.82, 2.24) is 10.3 Å². The molecule has 1 amide bonds. The summed E-state index contributed by atoms with van der Waals surface area (Å²) in [5.74, 6) is -0.231. The van der Waals surface area contributed by atoms with Crippen molar-refractivity contribution in [3.05, 3.63) is 30.1 Å². The minimum absolute atomic E-state index is 0.231. The molecule has 1 rings (SSSR count). The van der Waals surface area contributed by atoms with Gasteiger partial charge in [-0.2, -0.15) is 0 Å². The third-order valence-corrected chi connectivity index (χ3v) is 2.02. The zero-order chi connectivity index (χ0) is 11.8. The summed E-state index contributed by atoms with van der Waals surface area (Å²) in [6.45, 7) is 0.680. The topological polar surface area (TPSA) is 71.5 Å². The molecular weight excluding hydrogens is 208 g/mol. The quantitative estimate of drug-likeness (QED) is 0.724. The van der Waals surface area contributed by atoms with Gasteiger partial charge in [-0.15, -0.1) is 0 Å². The Morgan fingerprint density at radius 1 is 1.62 bits per heavy atom. The molecule has 0 aliphatic rings. The predicted octanol–water partition coefficient (Wildman–Crippen LogP) is 0.209. The molecule has 0 radical (unpaired) electrons. The number of methoxy groups -OCH3 is 1. The number of carbonyl (C=O) groups excluding carboxylic acids is 1. The van der Waals surface area contributed by atoms with Gasteiger partial charge in [0.1, 0.15) is 5.69 Å². The number of ether oxygens (including phenoxy) is 1. The molecule has 0 aromatic carbocycles. The molecule has 0 spiro atoms. The van der Waals surface area contributed by atoms with Gasteiger partial charge in [-0.1, -0.05) is 6.07 Å². The van der Waals surface area contributed by atoms with E-state index in [1.54, 1.807) is 24.4 Å². The highest BCUT2D eigenvalue weighted by Crippen LogP contribution is 1.94. The number of nitrogens with one attached hydrogen (secondary N) is 1. The smallest absolute Gasteiger partial charge is 0.269 e. The van der Waals surface area contributed by atoms with E-state index in [1.807, 2.05) is 0 Å². The molecule has 5 heteroatoms. The van der Waals surface area contributed by atoms with Gasteiger partial charge >= 0.3 is 0 Å². The van der Waals surface area contributed by atoms with E-state index in [0.29, 0.717) is 18.7 Å². The lowest BCUT2D eigenvalue weighted by Crippen LogP contribution is -2.29. The number of hydrogen-bond donors (Lipinski definition) is 2. The first-order valence-electron chi connectivity index (χ1n) is 5.10. The average molecular weight is 224 g/mol. The molecule has 1 aromatic heterocycles. The number of aromatic nitrogens is 1. The van der Waals surface area contributed by atoms with Gasteiger partial charge in [-0.05, 0) is 18.6 Å². The molecule has 1 unspecified atom stereocenters. The van der Waals surface area contributed by atoms with Crippen molar-refractivity contribution in [2.24, 2.45) is 0 Å². The van der Waals surface area contributed by atoms with Gasteiger partial charge in [0, 0.05) is 19.9 Å². The average Bonchev–Trinajstić information content (AvgIpc) is 2.30. The predicted molar refractivity (Wildman–Crippen MR) is 59.1 cm³/mol. The van der Waals surface area contributed by atoms with E-state index in [1.165, 1.54) is 7.11 Å². The van der Waals surface area contributed by atoms with E-state index in [0.717, 1.165) is 0 Å². The lowest BCUT2D eigenvalue weighted by molar-refractivity contribution is 0.0587. The molecule has 0 bridgehead atoms. The van der Waals surface area contributed by atoms with Gasteiger partial charge < -0.3 is 15.2 Å². The van der Waals surface area contributed by atoms with Crippen molar-refractivity contribution in [2.45, 2.75) is 12.5 Å². The third-order valence-electron chi connectivity index (χ3n) is 2.02. The van der Waals surface area contributed by atoms with Gasteiger partial charge in [-0.25, -0.2) is 0 Å². The van der Waals surface area contributed by atoms with Crippen LogP contribution in [0.5, 0.6) is 0 Å². The Labute approximate surface area is 94.5 Å². The zero-order valence-electron chi connectivity index (χ0n) is 9.22. The maximum atomic E-state index is 11.5. The SMILES string of the molecule is COCC(O)CCNC(=O)c1ccccn1. The maximum Gasteiger partial charge on any atom is 0.269 e. The van der Waals surface area contributed by atoms with E-state index in [-0.39, 0.29) is 12.5 Å². The van der Waals surface area contributed by atoms with Crippen LogP contribution in [0.15, 0.2) is 24.4 Å². The summed E-state index contributed by atoms with van der Waals surface area (Å²) in [6, 6.07) is 5.14. The van der Waals surface area contributed by atoms with Gasteiger partial charge in [0.15, 0.2) is 0 Å². The Balaban J connectivity index is 2.26. The van der Waals surface area contributed by atoms with E-state index in [4.69, 9.17) is 4.74 Å². The molecule has 16 heavy (non-hydrogen) atoms. The van der Waals surface area contributed by atoms with Crippen molar-refractivity contribution < 1.29 is 14.6 Å². The van der Waals surface area contributed by atoms with Crippen LogP contribution in [-0.4, -0.2) is 42.4 Å². The monoisotopic (exact) mass is 224 g/mol. The molecule has 1 aromatic rings. The van der Waals surface area contributed by atoms with Crippen molar-refractivity contribution in [2.75, 3.05) is 20.3 Å². The fraction of sp³-hybridized carbons (Fsp3) is 0.455. The molecule has 5 nitrogen and oxygen atoms in total. The summed E-state index contributed by atoms with van der Waals surface area (Å²) in [6.07, 6.45) is 1.48. The largest absolute Gasteiger partial charge is 0.391 e. The Morgan fingerprint density at radius 3 is 3.06 bits per heavy atom. The second-order valence-corrected chi connectivity index (χ2v) is 3.37. The lowest BCUT2D eigenvalue weighted by Gasteiger charge is -2.09. The van der Waals surface area contributed by atoms with Gasteiger partial charge in [0.25, 0.3) is 5.91 Å². The van der Waals surface area contributed by atoms with Crippen LogP contribution >= 0.6 is 0 Å². The van der Waals surface area contributed by atoms with Crippen molar-refractivity contribution in [1.29, 1.82) is 0 Å². The van der Waals surface area contributed by atoms with Gasteiger partial charge in [-0.3, -0.25) is 9.78 Å². The summed E-state index contributed by atoms with van der Waals surface area (Å²) in [4.78, 5) is 15.4. The highest BCUT2D eigenvalue weighted by Gasteiger charge is 2.07. The molecule has 1 atom stereocenters. The van der Waals surface area contributed by atoms with Gasteiger partial charge in [0.2, 0.25) is 0 Å². The van der Waals surface area contributed by atoms with Crippen molar-refractivity contribution in [3.8, 4) is 0 Å². The maximum absolute atomic E-state index is 11.5. The zero-order valence-corrected chi connectivity index (χ0v) is 9.22. The summed E-state index contributed by atoms with van der Waals surface area (Å²) in [7, 11) is 1.52. The first kappa shape index (κ1) is 12.6. The summed E-state index contributed by atoms with van der Waals surface area (Å²) < 4.78 is 4.77. The van der Waals surface area contributed by atoms with E-state index in [2.05, 4.69) is 10.3 Å². The summed E-state index contributed by atoms with van der Waals surface area (Å²) >= 11 is 0. The summed E-state index contributed by atoms with van der Waals surface area (Å²) in [5.41, 5.74) is 0.378. The van der Waals surface area contributed by atoms with E-state index >= 15 is 0 Å². The number of aliphatic hydroxyl groups is 1. The minimum Gasteiger partial charge on any atom is -0.391 e. The number of hydrogen-bond acceptors (Lipinski definition) is 4. The van der Waals surface area contributed by atoms with E-state index < -0.39 is 6.10 Å². The normalized spacial score (nSPS) is 12.1. The van der Waals surface area contributed by atoms with Crippen molar-refractivity contribution in [3.63, 3.8) is 0 Å². The van der Waals surface area contributed by atoms with Crippen LogP contribution in [0.1, 0.15) is 16.9 Å². The number of carbonyl (C=O) groups is 1. The van der Waals surface area contributed by atoms with Gasteiger partial charge in [0.05, 0.1) is 12.7 Å². The Bertz CT molecular complexity index is 316. The summed E-state index contributed by atoms with van der Waals surface area (Å²) in [5, 5.41) is 12.0. The van der Waals surface area contributed by atoms with Crippen LogP contribution in [0, 0.1) is 0 Å². The molecule has 2 N–H and O–H groups in total. The van der Waals surface area contributed by atoms with Crippen LogP contribution in [0.2, 0.25) is 0 Å². The number of aliphatic hydroxyl groups excluding tert-OH is 1. The Morgan fingerprint density at radius 2 is 2.44 bits per heavy atom. The fourth-order valence-electron chi connectivity index (χ4n) is 1.22. The highest BCUT2D eigenvalue weighted by molar-refractivity contribution is 5.92.